The molecular weight excluding hydrogens is 464 g/mol. The summed E-state index contributed by atoms with van der Waals surface area (Å²) in [7, 11) is 0. The number of ether oxygens (including phenoxy) is 1. The maximum absolute atomic E-state index is 13.6. The van der Waals surface area contributed by atoms with Crippen molar-refractivity contribution in [2.24, 2.45) is 0 Å². The molecule has 36 heavy (non-hydrogen) atoms. The maximum atomic E-state index is 13.6. The van der Waals surface area contributed by atoms with Crippen LogP contribution < -0.4 is 10.6 Å². The minimum atomic E-state index is -1.51. The molecule has 0 radical (unpaired) electrons. The van der Waals surface area contributed by atoms with Gasteiger partial charge in [0.1, 0.15) is 30.0 Å². The van der Waals surface area contributed by atoms with E-state index in [0.717, 1.165) is 16.0 Å². The van der Waals surface area contributed by atoms with E-state index < -0.39 is 48.7 Å². The molecule has 0 heterocycles. The molecule has 0 spiro atoms. The van der Waals surface area contributed by atoms with Crippen LogP contribution in [0.25, 0.3) is 0 Å². The van der Waals surface area contributed by atoms with Gasteiger partial charge < -0.3 is 30.5 Å². The lowest BCUT2D eigenvalue weighted by atomic mass is 10.0. The normalized spacial score (nSPS) is 12.6. The highest BCUT2D eigenvalue weighted by molar-refractivity contribution is 6.00. The van der Waals surface area contributed by atoms with Gasteiger partial charge in [-0.3, -0.25) is 9.59 Å². The SMILES string of the molecule is Cc1cccc(C)c1NC(=O)C(c1ccccc1O)N(CC#N)C(=O)C(CO)NC(=O)OC(C)(C)C. The Kier molecular flexibility index (Phi) is 9.41. The number of nitrogens with zero attached hydrogens (tertiary/aromatic N) is 2. The molecule has 2 aromatic rings. The Morgan fingerprint density at radius 3 is 2.22 bits per heavy atom. The number of aryl methyl sites for hydroxylation is 2. The number of anilines is 1. The molecule has 4 N–H and O–H groups in total. The van der Waals surface area contributed by atoms with Crippen molar-refractivity contribution in [1.29, 1.82) is 5.26 Å². The molecule has 192 valence electrons. The number of carbonyl (C=O) groups excluding carboxylic acids is 3. The number of hydrogen-bond acceptors (Lipinski definition) is 7. The van der Waals surface area contributed by atoms with E-state index in [1.807, 2.05) is 38.1 Å². The molecule has 0 aliphatic carbocycles. The first-order valence-corrected chi connectivity index (χ1v) is 11.3. The van der Waals surface area contributed by atoms with Crippen molar-refractivity contribution < 1.29 is 29.3 Å². The van der Waals surface area contributed by atoms with Crippen LogP contribution in [0.1, 0.15) is 43.5 Å². The number of para-hydroxylation sites is 2. The number of carbonyl (C=O) groups is 3. The van der Waals surface area contributed by atoms with Crippen LogP contribution in [0.15, 0.2) is 42.5 Å². The zero-order chi connectivity index (χ0) is 27.0. The van der Waals surface area contributed by atoms with Crippen LogP contribution in [0.3, 0.4) is 0 Å². The highest BCUT2D eigenvalue weighted by atomic mass is 16.6. The summed E-state index contributed by atoms with van der Waals surface area (Å²) in [5.74, 6) is -1.86. The third kappa shape index (κ3) is 7.20. The molecule has 0 aromatic heterocycles. The number of nitriles is 1. The molecule has 0 bridgehead atoms. The van der Waals surface area contributed by atoms with Crippen molar-refractivity contribution in [2.75, 3.05) is 18.5 Å². The van der Waals surface area contributed by atoms with Gasteiger partial charge in [0.2, 0.25) is 5.91 Å². The van der Waals surface area contributed by atoms with Crippen LogP contribution >= 0.6 is 0 Å². The number of rotatable bonds is 8. The molecule has 0 aliphatic rings. The van der Waals surface area contributed by atoms with Gasteiger partial charge in [0, 0.05) is 11.3 Å². The summed E-state index contributed by atoms with van der Waals surface area (Å²) < 4.78 is 5.16. The van der Waals surface area contributed by atoms with Gasteiger partial charge in [0.25, 0.3) is 5.91 Å². The highest BCUT2D eigenvalue weighted by Gasteiger charge is 2.37. The Labute approximate surface area is 210 Å². The summed E-state index contributed by atoms with van der Waals surface area (Å²) in [6, 6.07) is 10.3. The van der Waals surface area contributed by atoms with Gasteiger partial charge in [0.05, 0.1) is 12.7 Å². The Morgan fingerprint density at radius 2 is 1.69 bits per heavy atom. The first kappa shape index (κ1) is 28.1. The van der Waals surface area contributed by atoms with Crippen molar-refractivity contribution in [1.82, 2.24) is 10.2 Å². The first-order valence-electron chi connectivity index (χ1n) is 11.3. The zero-order valence-electron chi connectivity index (χ0n) is 21.0. The molecule has 0 saturated carbocycles. The monoisotopic (exact) mass is 496 g/mol. The van der Waals surface area contributed by atoms with Gasteiger partial charge in [-0.05, 0) is 51.8 Å². The highest BCUT2D eigenvalue weighted by Crippen LogP contribution is 2.31. The Hall–Kier alpha value is -4.10. The fourth-order valence-corrected chi connectivity index (χ4v) is 3.58. The molecule has 2 atom stereocenters. The van der Waals surface area contributed by atoms with E-state index in [1.54, 1.807) is 32.9 Å². The van der Waals surface area contributed by atoms with Crippen molar-refractivity contribution >= 4 is 23.6 Å². The van der Waals surface area contributed by atoms with Crippen LogP contribution in [0.5, 0.6) is 5.75 Å². The number of aliphatic hydroxyl groups is 1. The molecule has 2 aromatic carbocycles. The van der Waals surface area contributed by atoms with Crippen molar-refractivity contribution in [3.05, 3.63) is 59.2 Å². The summed E-state index contributed by atoms with van der Waals surface area (Å²) >= 11 is 0. The Balaban J connectivity index is 2.50. The van der Waals surface area contributed by atoms with Gasteiger partial charge in [-0.25, -0.2) is 4.79 Å². The maximum Gasteiger partial charge on any atom is 0.408 e. The smallest absolute Gasteiger partial charge is 0.408 e. The van der Waals surface area contributed by atoms with E-state index in [2.05, 4.69) is 10.6 Å². The lowest BCUT2D eigenvalue weighted by molar-refractivity contribution is -0.140. The summed E-state index contributed by atoms with van der Waals surface area (Å²) in [6.07, 6.45) is -0.953. The van der Waals surface area contributed by atoms with Gasteiger partial charge in [-0.2, -0.15) is 5.26 Å². The molecular formula is C26H32N4O6. The van der Waals surface area contributed by atoms with E-state index in [0.29, 0.717) is 5.69 Å². The summed E-state index contributed by atoms with van der Waals surface area (Å²) in [6.45, 7) is 7.14. The van der Waals surface area contributed by atoms with E-state index in [9.17, 15) is 29.9 Å². The third-order valence-corrected chi connectivity index (χ3v) is 5.22. The topological polar surface area (TPSA) is 152 Å². The molecule has 3 amide bonds. The predicted octanol–water partition coefficient (Wildman–Crippen LogP) is 2.93. The van der Waals surface area contributed by atoms with Gasteiger partial charge in [-0.15, -0.1) is 0 Å². The largest absolute Gasteiger partial charge is 0.508 e. The lowest BCUT2D eigenvalue weighted by Gasteiger charge is -2.32. The van der Waals surface area contributed by atoms with E-state index in [1.165, 1.54) is 12.1 Å². The number of nitrogens with one attached hydrogen (secondary N) is 2. The summed E-state index contributed by atoms with van der Waals surface area (Å²) in [5, 5.41) is 35.0. The van der Waals surface area contributed by atoms with Crippen LogP contribution in [-0.2, 0) is 14.3 Å². The second-order valence-corrected chi connectivity index (χ2v) is 9.22. The first-order chi connectivity index (χ1) is 16.9. The van der Waals surface area contributed by atoms with Crippen molar-refractivity contribution in [3.63, 3.8) is 0 Å². The van der Waals surface area contributed by atoms with Gasteiger partial charge in [-0.1, -0.05) is 36.4 Å². The lowest BCUT2D eigenvalue weighted by Crippen LogP contribution is -2.54. The summed E-state index contributed by atoms with van der Waals surface area (Å²) in [5.41, 5.74) is 1.29. The molecule has 0 fully saturated rings. The fourth-order valence-electron chi connectivity index (χ4n) is 3.58. The second-order valence-electron chi connectivity index (χ2n) is 9.22. The predicted molar refractivity (Wildman–Crippen MR) is 133 cm³/mol. The van der Waals surface area contributed by atoms with Gasteiger partial charge >= 0.3 is 6.09 Å². The minimum Gasteiger partial charge on any atom is -0.508 e. The van der Waals surface area contributed by atoms with Crippen molar-refractivity contribution in [3.8, 4) is 11.8 Å². The number of aromatic hydroxyl groups is 1. The number of phenolic OH excluding ortho intramolecular Hbond substituents is 1. The van der Waals surface area contributed by atoms with E-state index in [-0.39, 0.29) is 11.3 Å². The molecule has 0 saturated heterocycles. The number of phenols is 1. The number of benzene rings is 2. The summed E-state index contributed by atoms with van der Waals surface area (Å²) in [4.78, 5) is 40.2. The number of amides is 3. The quantitative estimate of drug-likeness (QED) is 0.410. The Morgan fingerprint density at radius 1 is 1.08 bits per heavy atom. The fraction of sp³-hybridized carbons (Fsp3) is 0.385. The molecule has 2 rings (SSSR count). The van der Waals surface area contributed by atoms with Gasteiger partial charge in [0.15, 0.2) is 0 Å². The average molecular weight is 497 g/mol. The minimum absolute atomic E-state index is 0.0683. The van der Waals surface area contributed by atoms with Crippen molar-refractivity contribution in [2.45, 2.75) is 52.3 Å². The van der Waals surface area contributed by atoms with Crippen LogP contribution in [0.4, 0.5) is 10.5 Å². The standard InChI is InChI=1S/C26H32N4O6/c1-16-9-8-10-17(2)21(16)29-23(33)22(18-11-6-7-12-20(18)32)30(14-13-27)24(34)19(15-31)28-25(35)36-26(3,4)5/h6-12,19,22,31-32H,14-15H2,1-5H3,(H,28,35)(H,29,33). The average Bonchev–Trinajstić information content (AvgIpc) is 2.79. The second kappa shape index (κ2) is 12.0. The molecule has 10 nitrogen and oxygen atoms in total. The number of hydrogen-bond donors (Lipinski definition) is 4. The van der Waals surface area contributed by atoms with Crippen LogP contribution in [-0.4, -0.2) is 57.8 Å². The number of alkyl carbamates (subject to hydrolysis) is 1. The van der Waals surface area contributed by atoms with Crippen LogP contribution in [0.2, 0.25) is 0 Å². The van der Waals surface area contributed by atoms with E-state index in [4.69, 9.17) is 4.74 Å². The Bertz CT molecular complexity index is 1130. The zero-order valence-corrected chi connectivity index (χ0v) is 21.0. The molecule has 10 heteroatoms. The molecule has 0 aliphatic heterocycles. The van der Waals surface area contributed by atoms with Crippen LogP contribution in [0, 0.1) is 25.2 Å². The third-order valence-electron chi connectivity index (χ3n) is 5.22. The molecule has 2 unspecified atom stereocenters. The van der Waals surface area contributed by atoms with E-state index >= 15 is 0 Å². The number of aliphatic hydroxyl groups excluding tert-OH is 1.